The van der Waals surface area contributed by atoms with Gasteiger partial charge in [0.2, 0.25) is 0 Å². The minimum atomic E-state index is -2.09. The van der Waals surface area contributed by atoms with E-state index in [1.165, 1.54) is 0 Å². The molecule has 6 atom stereocenters. The van der Waals surface area contributed by atoms with Crippen molar-refractivity contribution in [2.45, 2.75) is 56.1 Å². The Balaban J connectivity index is 1.67. The molecule has 4 heterocycles. The van der Waals surface area contributed by atoms with Crippen LogP contribution >= 0.6 is 0 Å². The van der Waals surface area contributed by atoms with Gasteiger partial charge in [-0.3, -0.25) is 4.90 Å². The van der Waals surface area contributed by atoms with E-state index in [1.807, 2.05) is 6.08 Å². The Labute approximate surface area is 151 Å². The van der Waals surface area contributed by atoms with E-state index >= 15 is 0 Å². The molecule has 0 saturated carbocycles. The number of carbonyl (C=O) groups excluding carboxylic acids is 2. The minimum Gasteiger partial charge on any atom is -0.459 e. The van der Waals surface area contributed by atoms with Gasteiger partial charge in [0.15, 0.2) is 11.2 Å². The number of carbonyl (C=O) groups is 2. The maximum absolute atomic E-state index is 12.9. The maximum Gasteiger partial charge on any atom is 0.341 e. The predicted molar refractivity (Wildman–Crippen MR) is 88.0 cm³/mol. The zero-order chi connectivity index (χ0) is 18.7. The summed E-state index contributed by atoms with van der Waals surface area (Å²) < 4.78 is 16.7. The van der Waals surface area contributed by atoms with Gasteiger partial charge < -0.3 is 24.4 Å². The standard InChI is InChI=1S/C18H25NO7/c1-10-7-18(11(2)26-18)16(22)25-13-4-6-19-5-3-12(14(13)19)8-24-15(21)17(10,23)9-20/h3,10-11,13-14,20,23H,4-9H2,1-2H3/t10-,11+,13-,14-,17-,18+/m1/s1. The zero-order valence-electron chi connectivity index (χ0n) is 15.0. The van der Waals surface area contributed by atoms with E-state index in [-0.39, 0.29) is 31.3 Å². The highest BCUT2D eigenvalue weighted by Crippen LogP contribution is 2.46. The van der Waals surface area contributed by atoms with E-state index in [2.05, 4.69) is 4.90 Å². The first kappa shape index (κ1) is 17.9. The molecule has 8 heteroatoms. The van der Waals surface area contributed by atoms with Crippen molar-refractivity contribution in [1.29, 1.82) is 0 Å². The molecule has 144 valence electrons. The lowest BCUT2D eigenvalue weighted by molar-refractivity contribution is -0.179. The van der Waals surface area contributed by atoms with Crippen LogP contribution in [0, 0.1) is 5.92 Å². The van der Waals surface area contributed by atoms with Crippen molar-refractivity contribution in [1.82, 2.24) is 4.90 Å². The minimum absolute atomic E-state index is 0.0150. The summed E-state index contributed by atoms with van der Waals surface area (Å²) in [5, 5.41) is 20.4. The Morgan fingerprint density at radius 3 is 2.69 bits per heavy atom. The van der Waals surface area contributed by atoms with Gasteiger partial charge in [-0.1, -0.05) is 13.0 Å². The molecule has 8 nitrogen and oxygen atoms in total. The molecule has 0 amide bonds. The number of nitrogens with zero attached hydrogens (tertiary/aromatic N) is 1. The first-order valence-corrected chi connectivity index (χ1v) is 9.14. The second-order valence-corrected chi connectivity index (χ2v) is 7.86. The van der Waals surface area contributed by atoms with Gasteiger partial charge >= 0.3 is 11.9 Å². The predicted octanol–water partition coefficient (Wildman–Crippen LogP) is -0.624. The highest BCUT2D eigenvalue weighted by molar-refractivity contribution is 5.84. The van der Waals surface area contributed by atoms with Crippen LogP contribution in [0.3, 0.4) is 0 Å². The summed E-state index contributed by atoms with van der Waals surface area (Å²) in [6.45, 7) is 4.10. The Kier molecular flexibility index (Phi) is 4.15. The van der Waals surface area contributed by atoms with Crippen LogP contribution < -0.4 is 0 Å². The third-order valence-electron chi connectivity index (χ3n) is 6.39. The molecule has 1 spiro atoms. The van der Waals surface area contributed by atoms with Crippen molar-refractivity contribution in [3.63, 3.8) is 0 Å². The number of aliphatic hydroxyl groups excluding tert-OH is 1. The van der Waals surface area contributed by atoms with Crippen LogP contribution in [0.25, 0.3) is 0 Å². The molecule has 0 aromatic heterocycles. The SMILES string of the molecule is C[C@@H]1C[C@@]2(O[C@H]2C)C(=O)O[C@@H]2CCN3CC=C(COC(=O)[C@@]1(O)CO)[C@H]23. The Bertz CT molecular complexity index is 664. The number of epoxide rings is 1. The molecule has 2 N–H and O–H groups in total. The van der Waals surface area contributed by atoms with Gasteiger partial charge in [0.05, 0.1) is 18.8 Å². The Morgan fingerprint density at radius 1 is 1.31 bits per heavy atom. The average molecular weight is 367 g/mol. The van der Waals surface area contributed by atoms with Crippen molar-refractivity contribution in [2.24, 2.45) is 5.92 Å². The quantitative estimate of drug-likeness (QED) is 0.358. The van der Waals surface area contributed by atoms with Crippen LogP contribution in [0.1, 0.15) is 26.7 Å². The molecule has 4 rings (SSSR count). The second-order valence-electron chi connectivity index (χ2n) is 7.86. The summed E-state index contributed by atoms with van der Waals surface area (Å²) in [5.74, 6) is -2.08. The monoisotopic (exact) mass is 367 g/mol. The van der Waals surface area contributed by atoms with E-state index in [1.54, 1.807) is 13.8 Å². The average Bonchev–Trinajstić information content (AvgIpc) is 2.97. The lowest BCUT2D eigenvalue weighted by Gasteiger charge is -2.33. The first-order chi connectivity index (χ1) is 12.3. The third kappa shape index (κ3) is 2.51. The van der Waals surface area contributed by atoms with Gasteiger partial charge in [0.25, 0.3) is 0 Å². The lowest BCUT2D eigenvalue weighted by Crippen LogP contribution is -2.52. The largest absolute Gasteiger partial charge is 0.459 e. The summed E-state index contributed by atoms with van der Waals surface area (Å²) in [6, 6.07) is -0.114. The van der Waals surface area contributed by atoms with E-state index in [0.29, 0.717) is 6.54 Å². The number of hydrogen-bond donors (Lipinski definition) is 2. The molecule has 26 heavy (non-hydrogen) atoms. The number of cyclic esters (lactones) is 1. The van der Waals surface area contributed by atoms with E-state index < -0.39 is 35.7 Å². The molecule has 0 bridgehead atoms. The molecule has 3 fully saturated rings. The topological polar surface area (TPSA) is 109 Å². The summed E-state index contributed by atoms with van der Waals surface area (Å²) >= 11 is 0. The van der Waals surface area contributed by atoms with Gasteiger partial charge in [-0.25, -0.2) is 9.59 Å². The highest BCUT2D eigenvalue weighted by Gasteiger charge is 2.64. The van der Waals surface area contributed by atoms with Gasteiger partial charge in [-0.2, -0.15) is 0 Å². The van der Waals surface area contributed by atoms with E-state index in [0.717, 1.165) is 18.5 Å². The van der Waals surface area contributed by atoms with Gasteiger partial charge in [-0.15, -0.1) is 0 Å². The summed E-state index contributed by atoms with van der Waals surface area (Å²) in [6.07, 6.45) is 2.10. The molecular weight excluding hydrogens is 342 g/mol. The fraction of sp³-hybridized carbons (Fsp3) is 0.778. The number of esters is 2. The Hall–Kier alpha value is -1.48. The molecule has 0 radical (unpaired) electrons. The fourth-order valence-corrected chi connectivity index (χ4v) is 4.48. The van der Waals surface area contributed by atoms with Crippen molar-refractivity contribution in [2.75, 3.05) is 26.3 Å². The van der Waals surface area contributed by atoms with Crippen molar-refractivity contribution in [3.8, 4) is 0 Å². The molecule has 0 aliphatic carbocycles. The van der Waals surface area contributed by atoms with E-state index in [4.69, 9.17) is 14.2 Å². The molecule has 0 aromatic carbocycles. The third-order valence-corrected chi connectivity index (χ3v) is 6.39. The van der Waals surface area contributed by atoms with Crippen molar-refractivity contribution < 1.29 is 34.0 Å². The van der Waals surface area contributed by atoms with Crippen molar-refractivity contribution >= 4 is 11.9 Å². The van der Waals surface area contributed by atoms with Crippen LogP contribution in [0.15, 0.2) is 11.6 Å². The van der Waals surface area contributed by atoms with Crippen LogP contribution in [-0.4, -0.2) is 82.8 Å². The fourth-order valence-electron chi connectivity index (χ4n) is 4.48. The Morgan fingerprint density at radius 2 is 2.04 bits per heavy atom. The van der Waals surface area contributed by atoms with Crippen molar-refractivity contribution in [3.05, 3.63) is 11.6 Å². The van der Waals surface area contributed by atoms with Crippen LogP contribution in [0.4, 0.5) is 0 Å². The maximum atomic E-state index is 12.9. The van der Waals surface area contributed by atoms with Crippen LogP contribution in [-0.2, 0) is 23.8 Å². The van der Waals surface area contributed by atoms with Crippen LogP contribution in [0.2, 0.25) is 0 Å². The molecular formula is C18H25NO7. The number of aliphatic hydroxyl groups is 2. The van der Waals surface area contributed by atoms with E-state index in [9.17, 15) is 19.8 Å². The van der Waals surface area contributed by atoms with Crippen LogP contribution in [0.5, 0.6) is 0 Å². The molecule has 4 aliphatic rings. The molecule has 4 aliphatic heterocycles. The first-order valence-electron chi connectivity index (χ1n) is 9.14. The summed E-state index contributed by atoms with van der Waals surface area (Å²) in [5.41, 5.74) is -2.41. The van der Waals surface area contributed by atoms with Gasteiger partial charge in [-0.05, 0) is 25.3 Å². The van der Waals surface area contributed by atoms with Gasteiger partial charge in [0, 0.05) is 19.0 Å². The zero-order valence-corrected chi connectivity index (χ0v) is 15.0. The number of ether oxygens (including phenoxy) is 3. The normalized spacial score (nSPS) is 46.1. The molecule has 0 unspecified atom stereocenters. The summed E-state index contributed by atoms with van der Waals surface area (Å²) in [7, 11) is 0. The number of rotatable bonds is 1. The highest BCUT2D eigenvalue weighted by atomic mass is 16.7. The second kappa shape index (κ2) is 6.02. The lowest BCUT2D eigenvalue weighted by atomic mass is 9.81. The molecule has 3 saturated heterocycles. The smallest absolute Gasteiger partial charge is 0.341 e. The molecule has 0 aromatic rings. The summed E-state index contributed by atoms with van der Waals surface area (Å²) in [4.78, 5) is 27.6. The number of hydrogen-bond acceptors (Lipinski definition) is 8. The van der Waals surface area contributed by atoms with Gasteiger partial charge in [0.1, 0.15) is 12.7 Å².